The number of hydrogen-bond donors (Lipinski definition) is 1. The van der Waals surface area contributed by atoms with E-state index in [1.807, 2.05) is 13.0 Å². The Kier molecular flexibility index (Phi) is 6.02. The molecule has 25 heavy (non-hydrogen) atoms. The average Bonchev–Trinajstić information content (AvgIpc) is 3.03. The molecule has 1 saturated heterocycles. The van der Waals surface area contributed by atoms with E-state index in [2.05, 4.69) is 5.32 Å². The van der Waals surface area contributed by atoms with Crippen molar-refractivity contribution in [3.05, 3.63) is 23.8 Å². The van der Waals surface area contributed by atoms with Crippen molar-refractivity contribution in [1.82, 2.24) is 4.31 Å². The van der Waals surface area contributed by atoms with E-state index in [-0.39, 0.29) is 6.54 Å². The lowest BCUT2D eigenvalue weighted by Gasteiger charge is -2.20. The van der Waals surface area contributed by atoms with Gasteiger partial charge in [0.05, 0.1) is 19.1 Å². The van der Waals surface area contributed by atoms with Crippen molar-refractivity contribution in [3.8, 4) is 5.75 Å². The largest absolute Gasteiger partial charge is 0.495 e. The molecule has 1 aliphatic rings. The van der Waals surface area contributed by atoms with E-state index in [1.165, 1.54) is 7.11 Å². The third-order valence-corrected chi connectivity index (χ3v) is 5.17. The molecule has 1 fully saturated rings. The predicted octanol–water partition coefficient (Wildman–Crippen LogP) is 0.909. The van der Waals surface area contributed by atoms with E-state index < -0.39 is 34.5 Å². The van der Waals surface area contributed by atoms with Crippen LogP contribution in [0.1, 0.15) is 18.4 Å². The highest BCUT2D eigenvalue weighted by Gasteiger charge is 2.37. The zero-order chi connectivity index (χ0) is 18.6. The quantitative estimate of drug-likeness (QED) is 0.747. The van der Waals surface area contributed by atoms with E-state index in [0.717, 1.165) is 16.1 Å². The number of carbonyl (C=O) groups excluding carboxylic acids is 2. The van der Waals surface area contributed by atoms with Gasteiger partial charge in [0.1, 0.15) is 11.8 Å². The number of sulfonamides is 1. The Hall–Kier alpha value is -2.13. The first-order valence-electron chi connectivity index (χ1n) is 7.80. The first kappa shape index (κ1) is 19.2. The monoisotopic (exact) mass is 370 g/mol. The summed E-state index contributed by atoms with van der Waals surface area (Å²) < 4.78 is 34.6. The van der Waals surface area contributed by atoms with Crippen LogP contribution in [0.25, 0.3) is 0 Å². The molecule has 0 spiro atoms. The molecule has 1 amide bonds. The van der Waals surface area contributed by atoms with Crippen LogP contribution in [0.5, 0.6) is 5.75 Å². The molecule has 0 aromatic heterocycles. The van der Waals surface area contributed by atoms with Gasteiger partial charge in [0.15, 0.2) is 6.61 Å². The molecule has 9 heteroatoms. The number of nitrogens with zero attached hydrogens (tertiary/aromatic N) is 1. The van der Waals surface area contributed by atoms with Crippen LogP contribution in [-0.2, 0) is 24.3 Å². The van der Waals surface area contributed by atoms with Gasteiger partial charge in [0, 0.05) is 6.54 Å². The summed E-state index contributed by atoms with van der Waals surface area (Å²) in [5.74, 6) is -0.750. The number of carbonyl (C=O) groups is 2. The lowest BCUT2D eigenvalue weighted by molar-refractivity contribution is -0.150. The molecule has 1 heterocycles. The summed E-state index contributed by atoms with van der Waals surface area (Å²) in [5.41, 5.74) is 1.41. The smallest absolute Gasteiger partial charge is 0.324 e. The summed E-state index contributed by atoms with van der Waals surface area (Å²) in [4.78, 5) is 24.1. The molecule has 0 aliphatic carbocycles. The summed E-state index contributed by atoms with van der Waals surface area (Å²) >= 11 is 0. The molecule has 1 aromatic carbocycles. The van der Waals surface area contributed by atoms with Crippen LogP contribution in [0.15, 0.2) is 18.2 Å². The highest BCUT2D eigenvalue weighted by atomic mass is 32.2. The van der Waals surface area contributed by atoms with Gasteiger partial charge < -0.3 is 14.8 Å². The lowest BCUT2D eigenvalue weighted by atomic mass is 10.2. The third-order valence-electron chi connectivity index (χ3n) is 3.88. The minimum Gasteiger partial charge on any atom is -0.495 e. The number of rotatable bonds is 6. The van der Waals surface area contributed by atoms with Crippen LogP contribution >= 0.6 is 0 Å². The van der Waals surface area contributed by atoms with Crippen LogP contribution in [0.4, 0.5) is 5.69 Å². The van der Waals surface area contributed by atoms with Crippen molar-refractivity contribution in [1.29, 1.82) is 0 Å². The number of methoxy groups -OCH3 is 1. The fourth-order valence-electron chi connectivity index (χ4n) is 2.71. The van der Waals surface area contributed by atoms with Gasteiger partial charge in [0.25, 0.3) is 5.91 Å². The maximum Gasteiger partial charge on any atom is 0.324 e. The second-order valence-corrected chi connectivity index (χ2v) is 7.83. The van der Waals surface area contributed by atoms with Crippen molar-refractivity contribution >= 4 is 27.6 Å². The number of aryl methyl sites for hydroxylation is 1. The molecule has 2 rings (SSSR count). The van der Waals surface area contributed by atoms with E-state index in [0.29, 0.717) is 24.3 Å². The Morgan fingerprint density at radius 3 is 2.72 bits per heavy atom. The normalized spacial score (nSPS) is 18.0. The molecule has 0 saturated carbocycles. The van der Waals surface area contributed by atoms with E-state index in [4.69, 9.17) is 9.47 Å². The first-order valence-corrected chi connectivity index (χ1v) is 9.65. The van der Waals surface area contributed by atoms with Gasteiger partial charge in [-0.1, -0.05) is 6.07 Å². The maximum atomic E-state index is 12.1. The van der Waals surface area contributed by atoms with Crippen LogP contribution in [0.3, 0.4) is 0 Å². The van der Waals surface area contributed by atoms with Gasteiger partial charge in [0.2, 0.25) is 10.0 Å². The van der Waals surface area contributed by atoms with Crippen molar-refractivity contribution in [2.45, 2.75) is 25.8 Å². The van der Waals surface area contributed by atoms with Crippen molar-refractivity contribution in [3.63, 3.8) is 0 Å². The maximum absolute atomic E-state index is 12.1. The molecule has 8 nitrogen and oxygen atoms in total. The second kappa shape index (κ2) is 7.83. The van der Waals surface area contributed by atoms with Crippen molar-refractivity contribution in [2.24, 2.45) is 0 Å². The molecule has 1 aromatic rings. The molecule has 1 unspecified atom stereocenters. The van der Waals surface area contributed by atoms with Gasteiger partial charge >= 0.3 is 5.97 Å². The van der Waals surface area contributed by atoms with E-state index in [1.54, 1.807) is 12.1 Å². The zero-order valence-corrected chi connectivity index (χ0v) is 15.3. The number of esters is 1. The van der Waals surface area contributed by atoms with Gasteiger partial charge in [-0.25, -0.2) is 8.42 Å². The van der Waals surface area contributed by atoms with Gasteiger partial charge in [-0.2, -0.15) is 4.31 Å². The van der Waals surface area contributed by atoms with E-state index >= 15 is 0 Å². The fraction of sp³-hybridized carbons (Fsp3) is 0.500. The molecular weight excluding hydrogens is 348 g/mol. The Bertz CT molecular complexity index is 762. The summed E-state index contributed by atoms with van der Waals surface area (Å²) in [6, 6.07) is 4.44. The van der Waals surface area contributed by atoms with Gasteiger partial charge in [-0.15, -0.1) is 0 Å². The number of anilines is 1. The first-order chi connectivity index (χ1) is 11.7. The van der Waals surface area contributed by atoms with Gasteiger partial charge in [-0.05, 0) is 37.5 Å². The number of hydrogen-bond acceptors (Lipinski definition) is 6. The van der Waals surface area contributed by atoms with Crippen molar-refractivity contribution < 1.29 is 27.5 Å². The SMILES string of the molecule is COc1ccc(C)cc1NC(=O)COC(=O)C1CCCN1S(C)(=O)=O. The number of amides is 1. The minimum atomic E-state index is -3.48. The Labute approximate surface area is 147 Å². The summed E-state index contributed by atoms with van der Waals surface area (Å²) in [5, 5.41) is 2.62. The number of benzene rings is 1. The molecule has 1 atom stereocenters. The third kappa shape index (κ3) is 4.93. The topological polar surface area (TPSA) is 102 Å². The molecular formula is C16H22N2O6S. The lowest BCUT2D eigenvalue weighted by Crippen LogP contribution is -2.41. The zero-order valence-electron chi connectivity index (χ0n) is 14.4. The standard InChI is InChI=1S/C16H22N2O6S/c1-11-6-7-14(23-2)12(9-11)17-15(19)10-24-16(20)13-5-4-8-18(13)25(3,21)22/h6-7,9,13H,4-5,8,10H2,1-3H3,(H,17,19). The summed E-state index contributed by atoms with van der Waals surface area (Å²) in [6.45, 7) is 1.66. The summed E-state index contributed by atoms with van der Waals surface area (Å²) in [6.07, 6.45) is 2.02. The Morgan fingerprint density at radius 1 is 1.36 bits per heavy atom. The number of ether oxygens (including phenoxy) is 2. The Balaban J connectivity index is 1.94. The molecule has 138 valence electrons. The van der Waals surface area contributed by atoms with Crippen molar-refractivity contribution in [2.75, 3.05) is 31.8 Å². The summed E-state index contributed by atoms with van der Waals surface area (Å²) in [7, 11) is -2.00. The van der Waals surface area contributed by atoms with Crippen LogP contribution in [0.2, 0.25) is 0 Å². The molecule has 1 aliphatic heterocycles. The molecule has 0 bridgehead atoms. The fourth-order valence-corrected chi connectivity index (χ4v) is 3.83. The van der Waals surface area contributed by atoms with Crippen LogP contribution < -0.4 is 10.1 Å². The number of nitrogens with one attached hydrogen (secondary N) is 1. The second-order valence-electron chi connectivity index (χ2n) is 5.89. The highest BCUT2D eigenvalue weighted by molar-refractivity contribution is 7.88. The Morgan fingerprint density at radius 2 is 2.08 bits per heavy atom. The molecule has 1 N–H and O–H groups in total. The highest BCUT2D eigenvalue weighted by Crippen LogP contribution is 2.25. The van der Waals surface area contributed by atoms with Crippen LogP contribution in [-0.4, -0.2) is 57.2 Å². The minimum absolute atomic E-state index is 0.283. The van der Waals surface area contributed by atoms with Gasteiger partial charge in [-0.3, -0.25) is 9.59 Å². The average molecular weight is 370 g/mol. The van der Waals surface area contributed by atoms with Crippen LogP contribution in [0, 0.1) is 6.92 Å². The predicted molar refractivity (Wildman–Crippen MR) is 91.9 cm³/mol. The van der Waals surface area contributed by atoms with E-state index in [9.17, 15) is 18.0 Å². The molecule has 0 radical (unpaired) electrons.